The maximum atomic E-state index is 10.1. The van der Waals surface area contributed by atoms with Gasteiger partial charge in [-0.05, 0) is 0 Å². The Morgan fingerprint density at radius 3 is 2.87 bits per heavy atom. The molecule has 0 radical (unpaired) electrons. The molecule has 0 aliphatic carbocycles. The number of benzene rings is 1. The molecular formula is C11H11N2OTl. The van der Waals surface area contributed by atoms with Crippen LogP contribution in [-0.2, 0) is 0 Å². The minimum absolute atomic E-state index is 0.607. The standard InChI is InChI=1S/C11H11N2O.Tl/c1-8-3-2-4-9(5-8)11(14)10-6-12-7-13-10;/h2-7,11,14H,1H3;/q-1;+1. The predicted molar refractivity (Wildman–Crippen MR) is 58.6 cm³/mol. The van der Waals surface area contributed by atoms with Gasteiger partial charge in [0.15, 0.2) is 0 Å². The Balaban J connectivity index is 2.32. The van der Waals surface area contributed by atoms with Gasteiger partial charge in [0.2, 0.25) is 0 Å². The van der Waals surface area contributed by atoms with Crippen LogP contribution in [0, 0.1) is 6.92 Å². The van der Waals surface area contributed by atoms with Crippen LogP contribution >= 0.6 is 0 Å². The van der Waals surface area contributed by atoms with Crippen molar-refractivity contribution < 1.29 is 5.11 Å². The van der Waals surface area contributed by atoms with Gasteiger partial charge in [-0.3, -0.25) is 0 Å². The molecule has 0 amide bonds. The number of aromatic nitrogens is 2. The molecule has 0 fully saturated rings. The van der Waals surface area contributed by atoms with Crippen molar-refractivity contribution in [3.63, 3.8) is 0 Å². The van der Waals surface area contributed by atoms with Crippen molar-refractivity contribution in [2.24, 2.45) is 0 Å². The summed E-state index contributed by atoms with van der Waals surface area (Å²) in [4.78, 5) is 4.18. The topological polar surface area (TPSA) is 38.0 Å². The zero-order valence-electron chi connectivity index (χ0n) is 8.46. The van der Waals surface area contributed by atoms with Crippen LogP contribution < -0.4 is 0 Å². The van der Waals surface area contributed by atoms with Gasteiger partial charge in [-0.1, -0.05) is 0 Å². The van der Waals surface area contributed by atoms with E-state index in [4.69, 9.17) is 0 Å². The van der Waals surface area contributed by atoms with E-state index in [1.54, 1.807) is 6.33 Å². The molecule has 15 heavy (non-hydrogen) atoms. The number of hydrogen-bond donors (Lipinski definition) is 1. The quantitative estimate of drug-likeness (QED) is 0.782. The van der Waals surface area contributed by atoms with Gasteiger partial charge in [-0.15, -0.1) is 0 Å². The molecule has 1 aromatic carbocycles. The summed E-state index contributed by atoms with van der Waals surface area (Å²) < 4.78 is 1.99. The summed E-state index contributed by atoms with van der Waals surface area (Å²) in [7, 11) is 0. The molecule has 1 atom stereocenters. The van der Waals surface area contributed by atoms with Crippen LogP contribution in [0.15, 0.2) is 36.8 Å². The van der Waals surface area contributed by atoms with E-state index in [1.807, 2.05) is 39.8 Å². The number of aryl methyl sites for hydroxylation is 1. The Morgan fingerprint density at radius 1 is 1.47 bits per heavy atom. The van der Waals surface area contributed by atoms with Crippen LogP contribution in [0.2, 0.25) is 0 Å². The SMILES string of the molecule is Cc1cccc(C(O)c2c[n]([Tl])cn2)c1. The molecule has 2 aromatic rings. The Morgan fingerprint density at radius 2 is 2.27 bits per heavy atom. The second-order valence-electron chi connectivity index (χ2n) is 3.56. The summed E-state index contributed by atoms with van der Waals surface area (Å²) in [6.45, 7) is 2.02. The summed E-state index contributed by atoms with van der Waals surface area (Å²) >= 11 is 0.695. The molecule has 1 heterocycles. The van der Waals surface area contributed by atoms with E-state index in [1.165, 1.54) is 0 Å². The number of imidazole rings is 1. The fraction of sp³-hybridized carbons (Fsp3) is 0.182. The van der Waals surface area contributed by atoms with Gasteiger partial charge < -0.3 is 0 Å². The van der Waals surface area contributed by atoms with Gasteiger partial charge in [-0.2, -0.15) is 0 Å². The zero-order chi connectivity index (χ0) is 10.8. The van der Waals surface area contributed by atoms with Crippen molar-refractivity contribution >= 4 is 26.1 Å². The van der Waals surface area contributed by atoms with Crippen molar-refractivity contribution in [1.29, 1.82) is 0 Å². The van der Waals surface area contributed by atoms with Crippen molar-refractivity contribution in [3.05, 3.63) is 53.6 Å². The van der Waals surface area contributed by atoms with E-state index in [9.17, 15) is 5.11 Å². The Labute approximate surface area is 105 Å². The van der Waals surface area contributed by atoms with Gasteiger partial charge in [0, 0.05) is 0 Å². The third kappa shape index (κ3) is 2.46. The zero-order valence-corrected chi connectivity index (χ0v) is 12.9. The Bertz CT molecular complexity index is 467. The van der Waals surface area contributed by atoms with E-state index < -0.39 is 6.10 Å². The Hall–Kier alpha value is -0.688. The molecule has 0 aliphatic rings. The average molecular weight is 392 g/mol. The third-order valence-corrected chi connectivity index (χ3v) is 3.36. The molecule has 0 bridgehead atoms. The Kier molecular flexibility index (Phi) is 3.20. The molecule has 4 heteroatoms. The molecule has 74 valence electrons. The van der Waals surface area contributed by atoms with Gasteiger partial charge in [-0.25, -0.2) is 0 Å². The number of rotatable bonds is 2. The van der Waals surface area contributed by atoms with Crippen LogP contribution in [0.25, 0.3) is 0 Å². The number of aliphatic hydroxyl groups is 1. The monoisotopic (exact) mass is 392 g/mol. The van der Waals surface area contributed by atoms with Gasteiger partial charge in [0.1, 0.15) is 0 Å². The van der Waals surface area contributed by atoms with Crippen LogP contribution in [0.1, 0.15) is 22.9 Å². The second-order valence-corrected chi connectivity index (χ2v) is 5.88. The van der Waals surface area contributed by atoms with Gasteiger partial charge in [0.25, 0.3) is 0 Å². The van der Waals surface area contributed by atoms with E-state index in [2.05, 4.69) is 4.98 Å². The molecule has 0 saturated carbocycles. The van der Waals surface area contributed by atoms with Crippen LogP contribution in [0.5, 0.6) is 0 Å². The van der Waals surface area contributed by atoms with Crippen LogP contribution in [-0.4, -0.2) is 38.5 Å². The normalized spacial score (nSPS) is 12.6. The first kappa shape index (κ1) is 10.8. The fourth-order valence-electron chi connectivity index (χ4n) is 1.50. The second kappa shape index (κ2) is 4.44. The summed E-state index contributed by atoms with van der Waals surface area (Å²) in [5, 5.41) is 10.1. The third-order valence-electron chi connectivity index (χ3n) is 2.26. The van der Waals surface area contributed by atoms with Crippen molar-refractivity contribution in [2.45, 2.75) is 13.0 Å². The molecule has 0 spiro atoms. The number of nitrogens with zero attached hydrogens (tertiary/aromatic N) is 2. The molecule has 0 saturated heterocycles. The molecule has 2 rings (SSSR count). The number of aliphatic hydroxyl groups excluding tert-OH is 1. The molecule has 1 unspecified atom stereocenters. The minimum atomic E-state index is -0.607. The summed E-state index contributed by atoms with van der Waals surface area (Å²) in [6, 6.07) is 7.88. The van der Waals surface area contributed by atoms with Gasteiger partial charge >= 0.3 is 105 Å². The maximum absolute atomic E-state index is 10.1. The molecule has 0 aliphatic heterocycles. The summed E-state index contributed by atoms with van der Waals surface area (Å²) in [5.74, 6) is 0. The first-order chi connectivity index (χ1) is 7.16. The summed E-state index contributed by atoms with van der Waals surface area (Å²) in [5.41, 5.74) is 2.78. The van der Waals surface area contributed by atoms with Crippen molar-refractivity contribution in [1.82, 2.24) is 7.36 Å². The first-order valence-corrected chi connectivity index (χ1v) is 6.71. The number of hydrogen-bond acceptors (Lipinski definition) is 2. The average Bonchev–Trinajstić information content (AvgIpc) is 2.64. The van der Waals surface area contributed by atoms with Gasteiger partial charge in [0.05, 0.1) is 0 Å². The van der Waals surface area contributed by atoms with E-state index in [-0.39, 0.29) is 0 Å². The first-order valence-electron chi connectivity index (χ1n) is 4.70. The molecular weight excluding hydrogens is 381 g/mol. The van der Waals surface area contributed by atoms with Crippen LogP contribution in [0.3, 0.4) is 0 Å². The van der Waals surface area contributed by atoms with E-state index in [0.717, 1.165) is 16.8 Å². The molecule has 3 nitrogen and oxygen atoms in total. The van der Waals surface area contributed by atoms with Crippen LogP contribution in [0.4, 0.5) is 0 Å². The molecule has 1 aromatic heterocycles. The molecule has 1 N–H and O–H groups in total. The van der Waals surface area contributed by atoms with Crippen molar-refractivity contribution in [3.8, 4) is 0 Å². The summed E-state index contributed by atoms with van der Waals surface area (Å²) in [6.07, 6.45) is 3.06. The van der Waals surface area contributed by atoms with E-state index in [0.29, 0.717) is 26.1 Å². The van der Waals surface area contributed by atoms with Crippen molar-refractivity contribution in [2.75, 3.05) is 0 Å². The van der Waals surface area contributed by atoms with E-state index >= 15 is 0 Å². The fourth-order valence-corrected chi connectivity index (χ4v) is 2.36. The predicted octanol–water partition coefficient (Wildman–Crippen LogP) is 1.20.